The van der Waals surface area contributed by atoms with Crippen LogP contribution in [0.5, 0.6) is 0 Å². The van der Waals surface area contributed by atoms with Gasteiger partial charge in [0.1, 0.15) is 0 Å². The lowest BCUT2D eigenvalue weighted by molar-refractivity contribution is -0.143. The second-order valence-electron chi connectivity index (χ2n) is 28.1. The third-order valence-electron chi connectivity index (χ3n) is 19.3. The molecule has 0 aliphatic heterocycles. The fraction of sp³-hybridized carbons (Fsp3) is 0.951. The van der Waals surface area contributed by atoms with Gasteiger partial charge in [0.25, 0.3) is 0 Å². The Labute approximate surface area is 546 Å². The molecule has 0 aromatic heterocycles. The van der Waals surface area contributed by atoms with Crippen LogP contribution < -0.4 is 5.32 Å². The standard InChI is InChI=1S/C81H159NO5/c1-3-5-7-9-11-13-15-17-19-20-40-43-46-49-53-57-61-65-69-73-79(84)78(77-83)82-80(85)74-70-66-62-58-54-50-47-44-41-38-36-34-32-30-28-26-24-22-21-23-25-27-29-31-33-35-37-39-42-45-48-52-56-60-64-68-72-76-87-81(86)75-71-67-63-59-55-51-18-16-14-12-10-8-6-4-2/h16,18,78-79,83-84H,3-15,17,19-77H2,1-2H3,(H,82,85)/b18-16-. The number of allylic oxidation sites excluding steroid dienone is 2. The number of hydrogen-bond donors (Lipinski definition) is 3. The summed E-state index contributed by atoms with van der Waals surface area (Å²) in [5.74, 6) is -0.00800. The molecule has 0 fully saturated rings. The second kappa shape index (κ2) is 77.1. The molecule has 2 atom stereocenters. The summed E-state index contributed by atoms with van der Waals surface area (Å²) < 4.78 is 5.50. The highest BCUT2D eigenvalue weighted by molar-refractivity contribution is 5.76. The van der Waals surface area contributed by atoms with Gasteiger partial charge in [0.2, 0.25) is 5.91 Å². The van der Waals surface area contributed by atoms with Crippen LogP contribution in [0.25, 0.3) is 0 Å². The van der Waals surface area contributed by atoms with Gasteiger partial charge in [-0.25, -0.2) is 0 Å². The molecule has 0 saturated heterocycles. The minimum absolute atomic E-state index is 0.0159. The number of nitrogens with one attached hydrogen (secondary N) is 1. The van der Waals surface area contributed by atoms with Crippen molar-refractivity contribution in [2.75, 3.05) is 13.2 Å². The number of carbonyl (C=O) groups excluding carboxylic acids is 2. The molecular weight excluding hydrogens is 1070 g/mol. The normalized spacial score (nSPS) is 12.5. The third kappa shape index (κ3) is 73.5. The van der Waals surface area contributed by atoms with E-state index >= 15 is 0 Å². The quantitative estimate of drug-likeness (QED) is 0.0320. The van der Waals surface area contributed by atoms with E-state index < -0.39 is 12.1 Å². The predicted octanol–water partition coefficient (Wildman–Crippen LogP) is 26.7. The lowest BCUT2D eigenvalue weighted by Crippen LogP contribution is -2.45. The summed E-state index contributed by atoms with van der Waals surface area (Å²) in [6, 6.07) is -0.537. The zero-order valence-corrected chi connectivity index (χ0v) is 59.5. The van der Waals surface area contributed by atoms with Gasteiger partial charge in [0, 0.05) is 12.8 Å². The number of carbonyl (C=O) groups is 2. The molecule has 0 saturated carbocycles. The summed E-state index contributed by atoms with van der Waals surface area (Å²) in [6.45, 7) is 5.00. The van der Waals surface area contributed by atoms with Crippen LogP contribution in [0.15, 0.2) is 12.2 Å². The molecule has 0 bridgehead atoms. The first-order valence-electron chi connectivity index (χ1n) is 40.4. The maximum absolute atomic E-state index is 12.6. The number of esters is 1. The summed E-state index contributed by atoms with van der Waals surface area (Å²) >= 11 is 0. The van der Waals surface area contributed by atoms with Crippen LogP contribution in [-0.4, -0.2) is 47.4 Å². The van der Waals surface area contributed by atoms with Gasteiger partial charge < -0.3 is 20.3 Å². The van der Waals surface area contributed by atoms with Gasteiger partial charge in [-0.15, -0.1) is 0 Å². The molecule has 1 amide bonds. The molecule has 0 radical (unpaired) electrons. The van der Waals surface area contributed by atoms with Crippen molar-refractivity contribution in [3.63, 3.8) is 0 Å². The topological polar surface area (TPSA) is 95.9 Å². The largest absolute Gasteiger partial charge is 0.466 e. The molecule has 0 rings (SSSR count). The Morgan fingerprint density at radius 3 is 0.816 bits per heavy atom. The Morgan fingerprint density at radius 2 is 0.540 bits per heavy atom. The van der Waals surface area contributed by atoms with E-state index in [9.17, 15) is 19.8 Å². The molecule has 0 spiro atoms. The fourth-order valence-electron chi connectivity index (χ4n) is 13.2. The number of rotatable bonds is 77. The van der Waals surface area contributed by atoms with Crippen LogP contribution in [0.1, 0.15) is 470 Å². The van der Waals surface area contributed by atoms with Crippen molar-refractivity contribution in [1.29, 1.82) is 0 Å². The van der Waals surface area contributed by atoms with E-state index in [-0.39, 0.29) is 18.5 Å². The van der Waals surface area contributed by atoms with Crippen molar-refractivity contribution in [2.45, 2.75) is 482 Å². The summed E-state index contributed by atoms with van der Waals surface area (Å²) in [4.78, 5) is 24.6. The Balaban J connectivity index is 3.30. The number of unbranched alkanes of at least 4 members (excludes halogenated alkanes) is 64. The van der Waals surface area contributed by atoms with Gasteiger partial charge in [-0.3, -0.25) is 9.59 Å². The van der Waals surface area contributed by atoms with Gasteiger partial charge in [-0.05, 0) is 51.4 Å². The van der Waals surface area contributed by atoms with E-state index in [1.807, 2.05) is 0 Å². The van der Waals surface area contributed by atoms with Crippen LogP contribution in [0, 0.1) is 0 Å². The Hall–Kier alpha value is -1.40. The summed E-state index contributed by atoms with van der Waals surface area (Å²) in [5.41, 5.74) is 0. The van der Waals surface area contributed by atoms with Crippen LogP contribution in [0.2, 0.25) is 0 Å². The maximum Gasteiger partial charge on any atom is 0.305 e. The van der Waals surface area contributed by atoms with E-state index in [2.05, 4.69) is 31.3 Å². The maximum atomic E-state index is 12.6. The number of aliphatic hydroxyl groups excluding tert-OH is 2. The lowest BCUT2D eigenvalue weighted by Gasteiger charge is -2.22. The average Bonchev–Trinajstić information content (AvgIpc) is 3.54. The minimum Gasteiger partial charge on any atom is -0.466 e. The molecule has 6 nitrogen and oxygen atoms in total. The highest BCUT2D eigenvalue weighted by Crippen LogP contribution is 2.21. The molecule has 87 heavy (non-hydrogen) atoms. The Morgan fingerprint density at radius 1 is 0.310 bits per heavy atom. The first-order chi connectivity index (χ1) is 43.0. The highest BCUT2D eigenvalue weighted by Gasteiger charge is 2.20. The molecule has 0 aromatic rings. The fourth-order valence-corrected chi connectivity index (χ4v) is 13.2. The minimum atomic E-state index is -0.660. The van der Waals surface area contributed by atoms with Gasteiger partial charge >= 0.3 is 5.97 Å². The predicted molar refractivity (Wildman–Crippen MR) is 384 cm³/mol. The van der Waals surface area contributed by atoms with Gasteiger partial charge in [-0.1, -0.05) is 418 Å². The molecular formula is C81H159NO5. The number of aliphatic hydroxyl groups is 2. The van der Waals surface area contributed by atoms with Crippen molar-refractivity contribution in [1.82, 2.24) is 5.32 Å². The molecule has 3 N–H and O–H groups in total. The molecule has 0 aromatic carbocycles. The third-order valence-corrected chi connectivity index (χ3v) is 19.3. The Kier molecular flexibility index (Phi) is 75.8. The van der Waals surface area contributed by atoms with Crippen molar-refractivity contribution in [3.8, 4) is 0 Å². The Bertz CT molecular complexity index is 1320. The smallest absolute Gasteiger partial charge is 0.305 e. The van der Waals surface area contributed by atoms with Crippen LogP contribution in [-0.2, 0) is 14.3 Å². The van der Waals surface area contributed by atoms with Crippen LogP contribution in [0.4, 0.5) is 0 Å². The van der Waals surface area contributed by atoms with E-state index in [1.165, 1.54) is 392 Å². The van der Waals surface area contributed by atoms with Crippen molar-refractivity contribution in [2.24, 2.45) is 0 Å². The number of hydrogen-bond acceptors (Lipinski definition) is 5. The molecule has 0 aliphatic rings. The van der Waals surface area contributed by atoms with E-state index in [0.717, 1.165) is 44.9 Å². The lowest BCUT2D eigenvalue weighted by atomic mass is 10.0. The van der Waals surface area contributed by atoms with E-state index in [0.29, 0.717) is 25.9 Å². The molecule has 0 heterocycles. The molecule has 0 aliphatic carbocycles. The monoisotopic (exact) mass is 1230 g/mol. The van der Waals surface area contributed by atoms with Gasteiger partial charge in [0.05, 0.1) is 25.4 Å². The van der Waals surface area contributed by atoms with Crippen LogP contribution >= 0.6 is 0 Å². The second-order valence-corrected chi connectivity index (χ2v) is 28.1. The summed E-state index contributed by atoms with van der Waals surface area (Å²) in [7, 11) is 0. The molecule has 2 unspecified atom stereocenters. The molecule has 6 heteroatoms. The van der Waals surface area contributed by atoms with Gasteiger partial charge in [0.15, 0.2) is 0 Å². The first kappa shape index (κ1) is 85.6. The SMILES string of the molecule is CCCCCCC/C=C\CCCCCCCC(=O)OCCCCCCCCCCCCCCCCCCCCCCCCCCCCCCCCCCCCCCCC(=O)NC(CO)C(O)CCCCCCCCCCCCCCCCCCCCC. The van der Waals surface area contributed by atoms with Crippen LogP contribution in [0.3, 0.4) is 0 Å². The summed E-state index contributed by atoms with van der Waals surface area (Å²) in [5, 5.41) is 23.4. The first-order valence-corrected chi connectivity index (χ1v) is 40.4. The highest BCUT2D eigenvalue weighted by atomic mass is 16.5. The van der Waals surface area contributed by atoms with E-state index in [1.54, 1.807) is 0 Å². The zero-order valence-electron chi connectivity index (χ0n) is 59.5. The van der Waals surface area contributed by atoms with Crippen molar-refractivity contribution >= 4 is 11.9 Å². The average molecular weight is 1230 g/mol. The number of amides is 1. The van der Waals surface area contributed by atoms with Crippen molar-refractivity contribution in [3.05, 3.63) is 12.2 Å². The zero-order chi connectivity index (χ0) is 62.8. The summed E-state index contributed by atoms with van der Waals surface area (Å²) in [6.07, 6.45) is 97.5. The van der Waals surface area contributed by atoms with E-state index in [4.69, 9.17) is 4.74 Å². The molecule has 518 valence electrons. The van der Waals surface area contributed by atoms with Gasteiger partial charge in [-0.2, -0.15) is 0 Å². The van der Waals surface area contributed by atoms with Crippen molar-refractivity contribution < 1.29 is 24.5 Å². The number of ether oxygens (including phenoxy) is 1.